The second-order valence-electron chi connectivity index (χ2n) is 8.26. The minimum absolute atomic E-state index is 0.0358. The molecule has 0 aliphatic heterocycles. The molecule has 0 spiro atoms. The highest BCUT2D eigenvalue weighted by molar-refractivity contribution is 5.92. The van der Waals surface area contributed by atoms with Crippen molar-refractivity contribution < 1.29 is 23.9 Å². The lowest BCUT2D eigenvalue weighted by Gasteiger charge is -2.27. The number of carbonyl (C=O) groups excluding carboxylic acids is 3. The number of rotatable bonds is 10. The van der Waals surface area contributed by atoms with Crippen molar-refractivity contribution in [1.29, 1.82) is 0 Å². The summed E-state index contributed by atoms with van der Waals surface area (Å²) in [6.45, 7) is 5.54. The average Bonchev–Trinajstić information content (AvgIpc) is 2.69. The molecular weight excluding hydrogens is 398 g/mol. The predicted molar refractivity (Wildman–Crippen MR) is 118 cm³/mol. The van der Waals surface area contributed by atoms with E-state index in [0.29, 0.717) is 6.54 Å². The van der Waals surface area contributed by atoms with Crippen LogP contribution >= 0.6 is 0 Å². The van der Waals surface area contributed by atoms with Gasteiger partial charge in [-0.3, -0.25) is 14.4 Å². The number of nitrogens with two attached hydrogens (primary N) is 1. The minimum atomic E-state index is -1.11. The summed E-state index contributed by atoms with van der Waals surface area (Å²) in [5.74, 6) is -1.68. The number of methoxy groups -OCH3 is 1. The molecule has 0 aliphatic carbocycles. The minimum Gasteiger partial charge on any atom is -0.382 e. The predicted octanol–water partition coefficient (Wildman–Crippen LogP) is 1.65. The quantitative estimate of drug-likeness (QED) is 0.530. The van der Waals surface area contributed by atoms with E-state index in [1.807, 2.05) is 42.5 Å². The van der Waals surface area contributed by atoms with Crippen LogP contribution in [0.4, 0.5) is 0 Å². The smallest absolute Gasteiger partial charge is 0.250 e. The van der Waals surface area contributed by atoms with Gasteiger partial charge in [0.25, 0.3) is 0 Å². The van der Waals surface area contributed by atoms with Crippen LogP contribution in [-0.4, -0.2) is 49.2 Å². The highest BCUT2D eigenvalue weighted by atomic mass is 16.5. The van der Waals surface area contributed by atoms with Gasteiger partial charge < -0.3 is 25.8 Å². The van der Waals surface area contributed by atoms with Gasteiger partial charge in [0.2, 0.25) is 17.7 Å². The molecule has 8 heteroatoms. The number of hydrogen-bond acceptors (Lipinski definition) is 5. The molecule has 1 unspecified atom stereocenters. The maximum Gasteiger partial charge on any atom is 0.250 e. The largest absolute Gasteiger partial charge is 0.382 e. The molecule has 0 aromatic heterocycles. The molecule has 0 fully saturated rings. The Morgan fingerprint density at radius 1 is 1.03 bits per heavy atom. The van der Waals surface area contributed by atoms with Gasteiger partial charge in [0.15, 0.2) is 0 Å². The monoisotopic (exact) mass is 429 g/mol. The zero-order valence-corrected chi connectivity index (χ0v) is 18.4. The summed E-state index contributed by atoms with van der Waals surface area (Å²) in [6.07, 6.45) is -1.40. The van der Waals surface area contributed by atoms with E-state index < -0.39 is 35.5 Å². The molecule has 2 aromatic carbocycles. The fraction of sp³-hybridized carbons (Fsp3) is 0.435. The summed E-state index contributed by atoms with van der Waals surface area (Å²) < 4.78 is 10.8. The highest BCUT2D eigenvalue weighted by Crippen LogP contribution is 2.18. The van der Waals surface area contributed by atoms with E-state index in [-0.39, 0.29) is 13.0 Å². The number of nitrogens with one attached hydrogen (secondary N) is 2. The Kier molecular flexibility index (Phi) is 8.53. The summed E-state index contributed by atoms with van der Waals surface area (Å²) in [6, 6.07) is 12.8. The van der Waals surface area contributed by atoms with Crippen molar-refractivity contribution in [3.63, 3.8) is 0 Å². The topological polar surface area (TPSA) is 120 Å². The normalized spacial score (nSPS) is 13.4. The van der Waals surface area contributed by atoms with Crippen molar-refractivity contribution >= 4 is 28.5 Å². The third-order valence-corrected chi connectivity index (χ3v) is 4.47. The van der Waals surface area contributed by atoms with Crippen molar-refractivity contribution in [1.82, 2.24) is 10.6 Å². The molecule has 4 N–H and O–H groups in total. The van der Waals surface area contributed by atoms with E-state index in [1.54, 1.807) is 20.8 Å². The molecule has 0 aliphatic rings. The number of amides is 3. The first-order valence-electron chi connectivity index (χ1n) is 10.1. The van der Waals surface area contributed by atoms with E-state index >= 15 is 0 Å². The van der Waals surface area contributed by atoms with Crippen LogP contribution in [0.25, 0.3) is 10.8 Å². The Hall–Kier alpha value is -2.97. The van der Waals surface area contributed by atoms with Crippen molar-refractivity contribution in [3.05, 3.63) is 48.0 Å². The first-order valence-corrected chi connectivity index (χ1v) is 10.1. The lowest BCUT2D eigenvalue weighted by molar-refractivity contribution is -0.149. The molecule has 31 heavy (non-hydrogen) atoms. The van der Waals surface area contributed by atoms with E-state index in [1.165, 1.54) is 7.11 Å². The lowest BCUT2D eigenvalue weighted by atomic mass is 10.0. The van der Waals surface area contributed by atoms with Gasteiger partial charge in [0, 0.05) is 13.7 Å². The Morgan fingerprint density at radius 3 is 2.35 bits per heavy atom. The molecule has 8 nitrogen and oxygen atoms in total. The number of benzene rings is 2. The SMILES string of the molecule is COC[C@H](NC(=O)C(CC(N)=O)OC(C)(C)C)C(=O)NCc1cccc2ccccc12. The molecule has 3 amide bonds. The molecule has 0 heterocycles. The van der Waals surface area contributed by atoms with Gasteiger partial charge in [-0.2, -0.15) is 0 Å². The Labute approximate surface area is 182 Å². The molecule has 2 rings (SSSR count). The van der Waals surface area contributed by atoms with Crippen LogP contribution in [0.3, 0.4) is 0 Å². The van der Waals surface area contributed by atoms with Crippen LogP contribution in [0.15, 0.2) is 42.5 Å². The lowest BCUT2D eigenvalue weighted by Crippen LogP contribution is -2.53. The maximum atomic E-state index is 12.8. The molecule has 168 valence electrons. The molecule has 0 radical (unpaired) electrons. The number of hydrogen-bond donors (Lipinski definition) is 3. The Bertz CT molecular complexity index is 918. The second-order valence-corrected chi connectivity index (χ2v) is 8.26. The van der Waals surface area contributed by atoms with Crippen LogP contribution in [0.1, 0.15) is 32.8 Å². The third kappa shape index (κ3) is 7.66. The third-order valence-electron chi connectivity index (χ3n) is 4.47. The number of fused-ring (bicyclic) bond motifs is 1. The highest BCUT2D eigenvalue weighted by Gasteiger charge is 2.30. The molecule has 2 atom stereocenters. The van der Waals surface area contributed by atoms with E-state index in [2.05, 4.69) is 10.6 Å². The Morgan fingerprint density at radius 2 is 1.71 bits per heavy atom. The first kappa shape index (κ1) is 24.3. The number of ether oxygens (including phenoxy) is 2. The van der Waals surface area contributed by atoms with E-state index in [0.717, 1.165) is 16.3 Å². The van der Waals surface area contributed by atoms with E-state index in [9.17, 15) is 14.4 Å². The molecule has 0 bridgehead atoms. The first-order chi connectivity index (χ1) is 14.6. The van der Waals surface area contributed by atoms with Gasteiger partial charge in [-0.15, -0.1) is 0 Å². The summed E-state index contributed by atoms with van der Waals surface area (Å²) >= 11 is 0. The summed E-state index contributed by atoms with van der Waals surface area (Å²) in [5.41, 5.74) is 5.53. The maximum absolute atomic E-state index is 12.8. The van der Waals surface area contributed by atoms with Gasteiger partial charge in [0.1, 0.15) is 12.1 Å². The van der Waals surface area contributed by atoms with Crippen molar-refractivity contribution in [3.8, 4) is 0 Å². The summed E-state index contributed by atoms with van der Waals surface area (Å²) in [4.78, 5) is 36.9. The van der Waals surface area contributed by atoms with Gasteiger partial charge >= 0.3 is 0 Å². The van der Waals surface area contributed by atoms with Crippen molar-refractivity contribution in [2.24, 2.45) is 5.73 Å². The fourth-order valence-electron chi connectivity index (χ4n) is 3.16. The molecule has 0 saturated heterocycles. The molecule has 0 saturated carbocycles. The van der Waals surface area contributed by atoms with Crippen LogP contribution < -0.4 is 16.4 Å². The van der Waals surface area contributed by atoms with Gasteiger partial charge in [-0.05, 0) is 37.1 Å². The van der Waals surface area contributed by atoms with Crippen LogP contribution in [-0.2, 0) is 30.4 Å². The number of primary amides is 1. The van der Waals surface area contributed by atoms with Crippen LogP contribution in [0.5, 0.6) is 0 Å². The van der Waals surface area contributed by atoms with Gasteiger partial charge in [-0.25, -0.2) is 0 Å². The summed E-state index contributed by atoms with van der Waals surface area (Å²) in [5, 5.41) is 7.57. The van der Waals surface area contributed by atoms with Gasteiger partial charge in [-0.1, -0.05) is 42.5 Å². The average molecular weight is 430 g/mol. The zero-order valence-electron chi connectivity index (χ0n) is 18.4. The molecule has 2 aromatic rings. The van der Waals surface area contributed by atoms with Crippen LogP contribution in [0.2, 0.25) is 0 Å². The fourth-order valence-corrected chi connectivity index (χ4v) is 3.16. The Balaban J connectivity index is 2.08. The summed E-state index contributed by atoms with van der Waals surface area (Å²) in [7, 11) is 1.43. The zero-order chi connectivity index (χ0) is 23.0. The second kappa shape index (κ2) is 10.9. The van der Waals surface area contributed by atoms with E-state index in [4.69, 9.17) is 15.2 Å². The van der Waals surface area contributed by atoms with Gasteiger partial charge in [0.05, 0.1) is 18.6 Å². The van der Waals surface area contributed by atoms with Crippen molar-refractivity contribution in [2.75, 3.05) is 13.7 Å². The van der Waals surface area contributed by atoms with Crippen molar-refractivity contribution in [2.45, 2.75) is 51.5 Å². The standard InChI is InChI=1S/C23H31N3O5/c1-23(2,3)31-19(12-20(24)27)22(29)26-18(14-30-4)21(28)25-13-16-10-7-9-15-8-5-6-11-17(15)16/h5-11,18-19H,12-14H2,1-4H3,(H2,24,27)(H,25,28)(H,26,29)/t18-,19?/m0/s1. The molecular formula is C23H31N3O5. The number of carbonyl (C=O) groups is 3. The van der Waals surface area contributed by atoms with Crippen LogP contribution in [0, 0.1) is 0 Å².